The normalized spacial score (nSPS) is 36.2. The van der Waals surface area contributed by atoms with Gasteiger partial charge in [-0.3, -0.25) is 0 Å². The smallest absolute Gasteiger partial charge is 0.192 e. The summed E-state index contributed by atoms with van der Waals surface area (Å²) in [6.07, 6.45) is 10.1. The molecule has 2 heteroatoms. The fourth-order valence-corrected chi connectivity index (χ4v) is 4.44. The Hall–Kier alpha value is -0.860. The lowest BCUT2D eigenvalue weighted by molar-refractivity contribution is -0.250. The van der Waals surface area contributed by atoms with E-state index in [1.54, 1.807) is 0 Å². The third kappa shape index (κ3) is 3.55. The predicted octanol–water partition coefficient (Wildman–Crippen LogP) is 4.86. The van der Waals surface area contributed by atoms with Crippen LogP contribution in [0, 0.1) is 17.8 Å². The Morgan fingerprint density at radius 2 is 1.77 bits per heavy atom. The van der Waals surface area contributed by atoms with E-state index in [1.807, 2.05) is 30.3 Å². The first-order valence-corrected chi connectivity index (χ1v) is 9.13. The second-order valence-corrected chi connectivity index (χ2v) is 7.33. The average Bonchev–Trinajstić information content (AvgIpc) is 2.58. The number of rotatable bonds is 4. The first-order valence-electron chi connectivity index (χ1n) is 9.13. The Morgan fingerprint density at radius 3 is 2.36 bits per heavy atom. The predicted molar refractivity (Wildman–Crippen MR) is 89.4 cm³/mol. The summed E-state index contributed by atoms with van der Waals surface area (Å²) in [6, 6.07) is 9.86. The van der Waals surface area contributed by atoms with Crippen LogP contribution in [0.3, 0.4) is 0 Å². The van der Waals surface area contributed by atoms with Crippen molar-refractivity contribution in [2.45, 2.75) is 64.1 Å². The van der Waals surface area contributed by atoms with Crippen LogP contribution in [0.4, 0.5) is 0 Å². The van der Waals surface area contributed by atoms with E-state index >= 15 is 0 Å². The molecule has 1 aliphatic carbocycles. The Labute approximate surface area is 134 Å². The Morgan fingerprint density at radius 1 is 1.05 bits per heavy atom. The Balaban J connectivity index is 1.52. The molecule has 1 heterocycles. The van der Waals surface area contributed by atoms with Gasteiger partial charge in [0.25, 0.3) is 0 Å². The molecule has 1 aliphatic heterocycles. The minimum Gasteiger partial charge on any atom is -0.362 e. The quantitative estimate of drug-likeness (QED) is 0.860. The maximum Gasteiger partial charge on any atom is 0.192 e. The van der Waals surface area contributed by atoms with Crippen molar-refractivity contribution in [3.8, 4) is 0 Å². The number of hydrogen-bond acceptors (Lipinski definition) is 2. The van der Waals surface area contributed by atoms with Gasteiger partial charge < -0.3 is 9.84 Å². The van der Waals surface area contributed by atoms with Crippen LogP contribution in [0.25, 0.3) is 0 Å². The van der Waals surface area contributed by atoms with Crippen LogP contribution < -0.4 is 0 Å². The fourth-order valence-electron chi connectivity index (χ4n) is 4.44. The summed E-state index contributed by atoms with van der Waals surface area (Å²) in [5.74, 6) is 1.36. The molecule has 1 saturated heterocycles. The molecule has 0 radical (unpaired) electrons. The largest absolute Gasteiger partial charge is 0.362 e. The van der Waals surface area contributed by atoms with Crippen molar-refractivity contribution in [3.63, 3.8) is 0 Å². The summed E-state index contributed by atoms with van der Waals surface area (Å²) in [5, 5.41) is 10.7. The van der Waals surface area contributed by atoms with Crippen LogP contribution in [0.1, 0.15) is 63.9 Å². The molecule has 0 spiro atoms. The zero-order valence-electron chi connectivity index (χ0n) is 13.8. The molecular weight excluding hydrogens is 272 g/mol. The first-order chi connectivity index (χ1) is 10.7. The molecule has 1 N–H and O–H groups in total. The van der Waals surface area contributed by atoms with Gasteiger partial charge in [-0.2, -0.15) is 0 Å². The highest BCUT2D eigenvalue weighted by atomic mass is 16.6. The molecule has 0 amide bonds. The van der Waals surface area contributed by atoms with E-state index in [2.05, 4.69) is 6.92 Å². The first kappa shape index (κ1) is 16.0. The van der Waals surface area contributed by atoms with Crippen molar-refractivity contribution in [1.82, 2.24) is 0 Å². The van der Waals surface area contributed by atoms with Gasteiger partial charge in [0.1, 0.15) is 0 Å². The average molecular weight is 302 g/mol. The van der Waals surface area contributed by atoms with Gasteiger partial charge in [0.2, 0.25) is 0 Å². The summed E-state index contributed by atoms with van der Waals surface area (Å²) >= 11 is 0. The monoisotopic (exact) mass is 302 g/mol. The Kier molecular flexibility index (Phi) is 5.20. The summed E-state index contributed by atoms with van der Waals surface area (Å²) < 4.78 is 5.95. The van der Waals surface area contributed by atoms with Crippen molar-refractivity contribution in [1.29, 1.82) is 0 Å². The zero-order chi connectivity index (χ0) is 15.4. The van der Waals surface area contributed by atoms with Crippen molar-refractivity contribution >= 4 is 0 Å². The van der Waals surface area contributed by atoms with E-state index in [1.165, 1.54) is 38.5 Å². The minimum absolute atomic E-state index is 0.645. The highest BCUT2D eigenvalue weighted by Crippen LogP contribution is 2.42. The van der Waals surface area contributed by atoms with E-state index < -0.39 is 5.79 Å². The molecule has 0 aromatic heterocycles. The summed E-state index contributed by atoms with van der Waals surface area (Å²) in [5.41, 5.74) is 0.903. The summed E-state index contributed by atoms with van der Waals surface area (Å²) in [4.78, 5) is 0. The van der Waals surface area contributed by atoms with E-state index in [-0.39, 0.29) is 0 Å². The van der Waals surface area contributed by atoms with Gasteiger partial charge in [-0.1, -0.05) is 62.9 Å². The molecular formula is C20H30O2. The van der Waals surface area contributed by atoms with Crippen LogP contribution in [0.5, 0.6) is 0 Å². The van der Waals surface area contributed by atoms with Crippen molar-refractivity contribution in [3.05, 3.63) is 35.9 Å². The molecule has 2 nitrogen and oxygen atoms in total. The number of benzene rings is 1. The molecule has 1 saturated carbocycles. The van der Waals surface area contributed by atoms with Gasteiger partial charge in [0.05, 0.1) is 6.61 Å². The lowest BCUT2D eigenvalue weighted by Crippen LogP contribution is -2.39. The van der Waals surface area contributed by atoms with Gasteiger partial charge in [0, 0.05) is 12.0 Å². The Bertz CT molecular complexity index is 440. The van der Waals surface area contributed by atoms with Gasteiger partial charge in [0.15, 0.2) is 5.79 Å². The van der Waals surface area contributed by atoms with Crippen LogP contribution in [-0.4, -0.2) is 11.7 Å². The number of aliphatic hydroxyl groups is 1. The molecule has 2 aliphatic rings. The molecule has 0 bridgehead atoms. The van der Waals surface area contributed by atoms with Crippen LogP contribution in [0.15, 0.2) is 30.3 Å². The van der Waals surface area contributed by atoms with Gasteiger partial charge in [-0.05, 0) is 37.0 Å². The van der Waals surface area contributed by atoms with E-state index in [9.17, 15) is 5.11 Å². The van der Waals surface area contributed by atoms with Crippen molar-refractivity contribution in [2.24, 2.45) is 17.8 Å². The molecule has 1 aromatic carbocycles. The molecule has 2 unspecified atom stereocenters. The van der Waals surface area contributed by atoms with Crippen LogP contribution in [0.2, 0.25) is 0 Å². The van der Waals surface area contributed by atoms with Gasteiger partial charge >= 0.3 is 0 Å². The highest BCUT2D eigenvalue weighted by molar-refractivity contribution is 5.20. The van der Waals surface area contributed by atoms with E-state index in [0.717, 1.165) is 30.2 Å². The molecule has 22 heavy (non-hydrogen) atoms. The minimum atomic E-state index is -1.06. The van der Waals surface area contributed by atoms with Crippen molar-refractivity contribution < 1.29 is 9.84 Å². The highest BCUT2D eigenvalue weighted by Gasteiger charge is 2.39. The van der Waals surface area contributed by atoms with E-state index in [4.69, 9.17) is 4.74 Å². The molecule has 1 aromatic rings. The van der Waals surface area contributed by atoms with Crippen LogP contribution >= 0.6 is 0 Å². The lowest BCUT2D eigenvalue weighted by Gasteiger charge is -2.41. The number of hydrogen-bond donors (Lipinski definition) is 1. The molecule has 3 rings (SSSR count). The SMILES string of the molecule is CCCC1CCC(C2CCC(O)(c3ccccc3)OC2)CC1. The summed E-state index contributed by atoms with van der Waals surface area (Å²) in [7, 11) is 0. The molecule has 122 valence electrons. The third-order valence-electron chi connectivity index (χ3n) is 5.87. The van der Waals surface area contributed by atoms with Gasteiger partial charge in [-0.15, -0.1) is 0 Å². The maximum absolute atomic E-state index is 10.7. The van der Waals surface area contributed by atoms with E-state index in [0.29, 0.717) is 12.5 Å². The maximum atomic E-state index is 10.7. The standard InChI is InChI=1S/C20H30O2/c1-2-6-16-9-11-17(12-10-16)18-13-14-20(21,22-15-18)19-7-4-3-5-8-19/h3-5,7-8,16-18,21H,2,6,9-15H2,1H3. The number of ether oxygens (including phenoxy) is 1. The van der Waals surface area contributed by atoms with Crippen LogP contribution in [-0.2, 0) is 10.5 Å². The third-order valence-corrected chi connectivity index (χ3v) is 5.87. The van der Waals surface area contributed by atoms with Gasteiger partial charge in [-0.25, -0.2) is 0 Å². The molecule has 2 atom stereocenters. The second-order valence-electron chi connectivity index (χ2n) is 7.33. The fraction of sp³-hybridized carbons (Fsp3) is 0.700. The lowest BCUT2D eigenvalue weighted by atomic mass is 9.72. The summed E-state index contributed by atoms with van der Waals surface area (Å²) in [6.45, 7) is 3.01. The van der Waals surface area contributed by atoms with Crippen molar-refractivity contribution in [2.75, 3.05) is 6.61 Å². The zero-order valence-corrected chi connectivity index (χ0v) is 13.8. The molecule has 2 fully saturated rings. The second kappa shape index (κ2) is 7.14. The topological polar surface area (TPSA) is 29.5 Å².